The molecule has 0 amide bonds. The van der Waals surface area contributed by atoms with Crippen molar-refractivity contribution in [2.24, 2.45) is 0 Å². The topological polar surface area (TPSA) is 146 Å². The van der Waals surface area contributed by atoms with Gasteiger partial charge in [0.25, 0.3) is 17.1 Å². The summed E-state index contributed by atoms with van der Waals surface area (Å²) in [5.74, 6) is 2.20. The average Bonchev–Trinajstić information content (AvgIpc) is 3.05. The highest BCUT2D eigenvalue weighted by molar-refractivity contribution is 5.70. The number of aromatic nitrogens is 4. The van der Waals surface area contributed by atoms with Crippen LogP contribution in [0.25, 0.3) is 0 Å². The van der Waals surface area contributed by atoms with Crippen LogP contribution in [0.15, 0.2) is 21.7 Å². The fraction of sp³-hybridized carbons (Fsp3) is 0.727. The Hall–Kier alpha value is -3.41. The molecule has 4 N–H and O–H groups in total. The van der Waals surface area contributed by atoms with Crippen LogP contribution in [0, 0.1) is 5.41 Å². The fourth-order valence-corrected chi connectivity index (χ4v) is 6.71. The van der Waals surface area contributed by atoms with Crippen molar-refractivity contribution in [2.75, 3.05) is 62.2 Å². The molecule has 0 radical (unpaired) electrons. The normalized spacial score (nSPS) is 20.4. The van der Waals surface area contributed by atoms with E-state index in [9.17, 15) is 9.59 Å². The Kier molecular flexibility index (Phi) is 11.2. The Morgan fingerprint density at radius 3 is 1.62 bits per heavy atom. The van der Waals surface area contributed by atoms with E-state index in [4.69, 9.17) is 20.1 Å². The quantitative estimate of drug-likeness (QED) is 0.294. The first-order chi connectivity index (χ1) is 21.6. The van der Waals surface area contributed by atoms with Crippen LogP contribution < -0.4 is 26.2 Å². The molecule has 0 aromatic carbocycles. The first-order valence-electron chi connectivity index (χ1n) is 17.1. The van der Waals surface area contributed by atoms with Crippen LogP contribution >= 0.6 is 0 Å². The number of rotatable bonds is 4. The predicted octanol–water partition coefficient (Wildman–Crippen LogP) is 3.92. The minimum Gasteiger partial charge on any atom is -0.460 e. The average molecular weight is 624 g/mol. The molecule has 12 nitrogen and oxygen atoms in total. The SMILES string of the molecule is CC(C)(C)OC(=N)N1CCC(c2cc(=O)[nH]c(N3CCCCC3)n2)CC1.O=c1cc(C2CCNCC2)nc(N2CCCCC2)[nH]1. The Morgan fingerprint density at radius 2 is 1.18 bits per heavy atom. The number of nitrogens with zero attached hydrogens (tertiary/aromatic N) is 5. The third-order valence-electron chi connectivity index (χ3n) is 9.17. The predicted molar refractivity (Wildman–Crippen MR) is 179 cm³/mol. The van der Waals surface area contributed by atoms with Crippen LogP contribution in [0.2, 0.25) is 0 Å². The van der Waals surface area contributed by atoms with E-state index in [-0.39, 0.29) is 28.7 Å². The minimum absolute atomic E-state index is 0.0101. The van der Waals surface area contributed by atoms with Gasteiger partial charge in [-0.25, -0.2) is 9.97 Å². The van der Waals surface area contributed by atoms with Gasteiger partial charge in [-0.2, -0.15) is 0 Å². The molecule has 0 unspecified atom stereocenters. The maximum Gasteiger partial charge on any atom is 0.284 e. The molecule has 0 aliphatic carbocycles. The number of ether oxygens (including phenoxy) is 1. The maximum atomic E-state index is 12.1. The molecule has 0 spiro atoms. The summed E-state index contributed by atoms with van der Waals surface area (Å²) >= 11 is 0. The van der Waals surface area contributed by atoms with Crippen LogP contribution in [-0.2, 0) is 4.74 Å². The van der Waals surface area contributed by atoms with Gasteiger partial charge in [0.15, 0.2) is 0 Å². The Morgan fingerprint density at radius 1 is 0.733 bits per heavy atom. The summed E-state index contributed by atoms with van der Waals surface area (Å²) in [5.41, 5.74) is 1.43. The van der Waals surface area contributed by atoms with Gasteiger partial charge in [0, 0.05) is 63.2 Å². The van der Waals surface area contributed by atoms with Crippen LogP contribution in [0.3, 0.4) is 0 Å². The molecule has 0 saturated carbocycles. The van der Waals surface area contributed by atoms with E-state index in [0.717, 1.165) is 114 Å². The van der Waals surface area contributed by atoms with Crippen LogP contribution in [0.1, 0.15) is 108 Å². The monoisotopic (exact) mass is 623 g/mol. The zero-order chi connectivity index (χ0) is 31.8. The molecule has 4 aliphatic rings. The molecule has 6 rings (SSSR count). The maximum absolute atomic E-state index is 12.1. The highest BCUT2D eigenvalue weighted by atomic mass is 16.5. The molecular weight excluding hydrogens is 570 g/mol. The van der Waals surface area contributed by atoms with Gasteiger partial charge in [0.1, 0.15) is 5.60 Å². The van der Waals surface area contributed by atoms with E-state index in [1.807, 2.05) is 25.7 Å². The number of nitrogens with one attached hydrogen (secondary N) is 4. The zero-order valence-corrected chi connectivity index (χ0v) is 27.5. The van der Waals surface area contributed by atoms with E-state index >= 15 is 0 Å². The van der Waals surface area contributed by atoms with Crippen molar-refractivity contribution >= 4 is 17.9 Å². The summed E-state index contributed by atoms with van der Waals surface area (Å²) < 4.78 is 5.67. The summed E-state index contributed by atoms with van der Waals surface area (Å²) in [6.07, 6.45) is 11.2. The number of anilines is 2. The zero-order valence-electron chi connectivity index (χ0n) is 27.5. The fourth-order valence-electron chi connectivity index (χ4n) is 6.71. The lowest BCUT2D eigenvalue weighted by molar-refractivity contribution is 0.0794. The highest BCUT2D eigenvalue weighted by Crippen LogP contribution is 2.28. The number of piperidine rings is 4. The molecule has 4 fully saturated rings. The number of aromatic amines is 2. The summed E-state index contributed by atoms with van der Waals surface area (Å²) in [6, 6.07) is 3.57. The minimum atomic E-state index is -0.356. The van der Waals surface area contributed by atoms with Crippen molar-refractivity contribution in [3.05, 3.63) is 44.2 Å². The van der Waals surface area contributed by atoms with Gasteiger partial charge in [0.2, 0.25) is 11.9 Å². The number of H-pyrrole nitrogens is 2. The van der Waals surface area contributed by atoms with Gasteiger partial charge in [-0.15, -0.1) is 0 Å². The van der Waals surface area contributed by atoms with E-state index in [1.54, 1.807) is 12.1 Å². The van der Waals surface area contributed by atoms with Crippen molar-refractivity contribution in [1.29, 1.82) is 5.41 Å². The lowest BCUT2D eigenvalue weighted by Crippen LogP contribution is -2.42. The number of hydrogen-bond donors (Lipinski definition) is 4. The van der Waals surface area contributed by atoms with Gasteiger partial charge in [-0.1, -0.05) is 0 Å². The third-order valence-corrected chi connectivity index (χ3v) is 9.17. The molecule has 2 aromatic rings. The number of amidine groups is 1. The summed E-state index contributed by atoms with van der Waals surface area (Å²) in [4.78, 5) is 45.7. The Bertz CT molecular complexity index is 1320. The van der Waals surface area contributed by atoms with Crippen molar-refractivity contribution in [3.63, 3.8) is 0 Å². The van der Waals surface area contributed by atoms with Crippen molar-refractivity contribution < 1.29 is 4.74 Å². The van der Waals surface area contributed by atoms with Gasteiger partial charge < -0.3 is 24.8 Å². The molecule has 45 heavy (non-hydrogen) atoms. The summed E-state index contributed by atoms with van der Waals surface area (Å²) in [7, 11) is 0. The van der Waals surface area contributed by atoms with E-state index < -0.39 is 0 Å². The van der Waals surface area contributed by atoms with Gasteiger partial charge in [-0.3, -0.25) is 25.0 Å². The molecule has 2 aromatic heterocycles. The smallest absolute Gasteiger partial charge is 0.284 e. The second-order valence-corrected chi connectivity index (χ2v) is 13.9. The van der Waals surface area contributed by atoms with Crippen LogP contribution in [0.4, 0.5) is 11.9 Å². The molecule has 0 atom stereocenters. The molecule has 4 saturated heterocycles. The molecule has 0 bridgehead atoms. The van der Waals surface area contributed by atoms with E-state index in [1.165, 1.54) is 25.7 Å². The molecular formula is C33H53N9O3. The van der Waals surface area contributed by atoms with Gasteiger partial charge in [-0.05, 0) is 98.1 Å². The van der Waals surface area contributed by atoms with Crippen molar-refractivity contribution in [3.8, 4) is 0 Å². The number of hydrogen-bond acceptors (Lipinski definition) is 9. The van der Waals surface area contributed by atoms with Crippen molar-refractivity contribution in [1.82, 2.24) is 30.2 Å². The Labute approximate surface area is 266 Å². The van der Waals surface area contributed by atoms with Crippen LogP contribution in [0.5, 0.6) is 0 Å². The standard InChI is InChI=1S/C19H31N5O2.C14H22N4O/c1-19(2,3)26-17(20)23-11-7-14(8-12-23)15-13-16(25)22-18(21-15)24-9-5-4-6-10-24;19-13-10-12(11-4-6-15-7-5-11)16-14(17-13)18-8-2-1-3-9-18/h13-14,20H,4-12H2,1-3H3,(H,21,22,25);10-11,15H,1-9H2,(H,16,17,19). The second-order valence-electron chi connectivity index (χ2n) is 13.9. The lowest BCUT2D eigenvalue weighted by Gasteiger charge is -2.35. The van der Waals surface area contributed by atoms with Gasteiger partial charge >= 0.3 is 0 Å². The molecule has 6 heterocycles. The van der Waals surface area contributed by atoms with E-state index in [0.29, 0.717) is 5.92 Å². The summed E-state index contributed by atoms with van der Waals surface area (Å²) in [5, 5.41) is 11.5. The number of likely N-dealkylation sites (tertiary alicyclic amines) is 1. The highest BCUT2D eigenvalue weighted by Gasteiger charge is 2.27. The van der Waals surface area contributed by atoms with Crippen LogP contribution in [-0.4, -0.2) is 88.8 Å². The second kappa shape index (κ2) is 15.2. The van der Waals surface area contributed by atoms with E-state index in [2.05, 4.69) is 25.1 Å². The largest absolute Gasteiger partial charge is 0.460 e. The molecule has 248 valence electrons. The van der Waals surface area contributed by atoms with Gasteiger partial charge in [0.05, 0.1) is 11.4 Å². The first-order valence-corrected chi connectivity index (χ1v) is 17.1. The van der Waals surface area contributed by atoms with Crippen molar-refractivity contribution in [2.45, 2.75) is 102 Å². The third kappa shape index (κ3) is 9.54. The lowest BCUT2D eigenvalue weighted by atomic mass is 9.93. The summed E-state index contributed by atoms with van der Waals surface area (Å²) in [6.45, 7) is 13.4. The first kappa shape index (κ1) is 33.0. The molecule has 4 aliphatic heterocycles. The Balaban J connectivity index is 0.000000186. The molecule has 12 heteroatoms.